The van der Waals surface area contributed by atoms with Crippen LogP contribution in [0.15, 0.2) is 47.1 Å². The number of nitrogens with zero attached hydrogens (tertiary/aromatic N) is 1. The van der Waals surface area contributed by atoms with Crippen LogP contribution in [0.3, 0.4) is 0 Å². The fourth-order valence-corrected chi connectivity index (χ4v) is 2.13. The predicted octanol–water partition coefficient (Wildman–Crippen LogP) is 3.41. The van der Waals surface area contributed by atoms with Crippen LogP contribution in [0.2, 0.25) is 0 Å². The molecule has 0 saturated carbocycles. The van der Waals surface area contributed by atoms with Crippen LogP contribution < -0.4 is 5.32 Å². The van der Waals surface area contributed by atoms with E-state index in [0.717, 1.165) is 4.47 Å². The van der Waals surface area contributed by atoms with Crippen LogP contribution in [0.4, 0.5) is 5.69 Å². The van der Waals surface area contributed by atoms with Gasteiger partial charge in [-0.05, 0) is 30.3 Å². The number of alkyl halides is 1. The highest BCUT2D eigenvalue weighted by atomic mass is 79.9. The molecule has 2 rings (SSSR count). The van der Waals surface area contributed by atoms with Crippen LogP contribution in [0.25, 0.3) is 0 Å². The van der Waals surface area contributed by atoms with Crippen molar-refractivity contribution in [1.82, 2.24) is 4.98 Å². The second kappa shape index (κ2) is 6.76. The Morgan fingerprint density at radius 1 is 1.20 bits per heavy atom. The Bertz CT molecular complexity index is 645. The van der Waals surface area contributed by atoms with E-state index in [1.165, 1.54) is 0 Å². The summed E-state index contributed by atoms with van der Waals surface area (Å²) in [6.45, 7) is 0. The number of amides is 1. The van der Waals surface area contributed by atoms with Crippen molar-refractivity contribution in [1.29, 1.82) is 0 Å². The van der Waals surface area contributed by atoms with Crippen molar-refractivity contribution in [3.63, 3.8) is 0 Å². The molecule has 1 N–H and O–H groups in total. The molecular weight excluding hydrogens is 388 g/mol. The van der Waals surface area contributed by atoms with Gasteiger partial charge in [0, 0.05) is 16.2 Å². The Morgan fingerprint density at radius 3 is 2.65 bits per heavy atom. The summed E-state index contributed by atoms with van der Waals surface area (Å²) in [5, 5.41) is 2.85. The number of carbonyl (C=O) groups is 2. The summed E-state index contributed by atoms with van der Waals surface area (Å²) in [6.07, 6.45) is 1.56. The summed E-state index contributed by atoms with van der Waals surface area (Å²) in [5.41, 5.74) is 1.20. The summed E-state index contributed by atoms with van der Waals surface area (Å²) in [7, 11) is 0. The molecular formula is C14H10Br2N2O2. The smallest absolute Gasteiger partial charge is 0.235 e. The van der Waals surface area contributed by atoms with Gasteiger partial charge in [-0.2, -0.15) is 0 Å². The molecule has 1 amide bonds. The molecule has 0 saturated heterocycles. The zero-order valence-electron chi connectivity index (χ0n) is 10.3. The number of hydrogen-bond donors (Lipinski definition) is 1. The SMILES string of the molecule is O=C(CBr)Nc1ccc(Br)cc1C(=O)c1ccccn1. The molecule has 6 heteroatoms. The van der Waals surface area contributed by atoms with Crippen molar-refractivity contribution < 1.29 is 9.59 Å². The van der Waals surface area contributed by atoms with Crippen molar-refractivity contribution >= 4 is 49.2 Å². The largest absolute Gasteiger partial charge is 0.325 e. The fourth-order valence-electron chi connectivity index (χ4n) is 1.63. The van der Waals surface area contributed by atoms with Gasteiger partial charge in [-0.1, -0.05) is 37.9 Å². The molecule has 0 unspecified atom stereocenters. The number of pyridine rings is 1. The Balaban J connectivity index is 2.41. The molecule has 0 aliphatic rings. The van der Waals surface area contributed by atoms with E-state index in [1.807, 2.05) is 0 Å². The highest BCUT2D eigenvalue weighted by Gasteiger charge is 2.16. The van der Waals surface area contributed by atoms with E-state index in [4.69, 9.17) is 0 Å². The van der Waals surface area contributed by atoms with Crippen molar-refractivity contribution in [2.45, 2.75) is 0 Å². The molecule has 0 radical (unpaired) electrons. The highest BCUT2D eigenvalue weighted by Crippen LogP contribution is 2.23. The van der Waals surface area contributed by atoms with E-state index in [9.17, 15) is 9.59 Å². The number of aromatic nitrogens is 1. The lowest BCUT2D eigenvalue weighted by Gasteiger charge is -2.10. The summed E-state index contributed by atoms with van der Waals surface area (Å²) in [5.74, 6) is -0.459. The zero-order chi connectivity index (χ0) is 14.5. The van der Waals surface area contributed by atoms with Gasteiger partial charge in [0.2, 0.25) is 11.7 Å². The van der Waals surface area contributed by atoms with Crippen molar-refractivity contribution in [2.75, 3.05) is 10.6 Å². The summed E-state index contributed by atoms with van der Waals surface area (Å²) < 4.78 is 0.758. The number of rotatable bonds is 4. The number of nitrogens with one attached hydrogen (secondary N) is 1. The molecule has 0 fully saturated rings. The molecule has 1 aromatic heterocycles. The van der Waals surface area contributed by atoms with Gasteiger partial charge in [-0.15, -0.1) is 0 Å². The van der Waals surface area contributed by atoms with E-state index in [1.54, 1.807) is 42.6 Å². The van der Waals surface area contributed by atoms with Crippen LogP contribution in [-0.2, 0) is 4.79 Å². The van der Waals surface area contributed by atoms with Crippen molar-refractivity contribution in [3.8, 4) is 0 Å². The van der Waals surface area contributed by atoms with E-state index in [2.05, 4.69) is 42.2 Å². The van der Waals surface area contributed by atoms with Gasteiger partial charge in [0.1, 0.15) is 5.69 Å². The van der Waals surface area contributed by atoms with Gasteiger partial charge in [0.15, 0.2) is 0 Å². The first-order valence-corrected chi connectivity index (χ1v) is 7.64. The first-order chi connectivity index (χ1) is 9.61. The standard InChI is InChI=1S/C14H10Br2N2O2/c15-8-13(19)18-11-5-4-9(16)7-10(11)14(20)12-3-1-2-6-17-12/h1-7H,8H2,(H,18,19). The van der Waals surface area contributed by atoms with Gasteiger partial charge >= 0.3 is 0 Å². The monoisotopic (exact) mass is 396 g/mol. The van der Waals surface area contributed by atoms with Crippen LogP contribution in [0, 0.1) is 0 Å². The number of anilines is 1. The summed E-state index contributed by atoms with van der Waals surface area (Å²) in [6, 6.07) is 10.2. The Labute approximate surface area is 132 Å². The first-order valence-electron chi connectivity index (χ1n) is 5.73. The molecule has 0 aliphatic carbocycles. The lowest BCUT2D eigenvalue weighted by Crippen LogP contribution is -2.16. The van der Waals surface area contributed by atoms with Crippen LogP contribution >= 0.6 is 31.9 Å². The van der Waals surface area contributed by atoms with Crippen molar-refractivity contribution in [2.24, 2.45) is 0 Å². The van der Waals surface area contributed by atoms with E-state index < -0.39 is 0 Å². The minimum Gasteiger partial charge on any atom is -0.325 e. The quantitative estimate of drug-likeness (QED) is 0.635. The minimum atomic E-state index is -0.239. The minimum absolute atomic E-state index is 0.167. The van der Waals surface area contributed by atoms with Crippen LogP contribution in [0.5, 0.6) is 0 Å². The maximum atomic E-state index is 12.4. The summed E-state index contributed by atoms with van der Waals surface area (Å²) in [4.78, 5) is 28.0. The lowest BCUT2D eigenvalue weighted by molar-refractivity contribution is -0.113. The molecule has 4 nitrogen and oxygen atoms in total. The maximum Gasteiger partial charge on any atom is 0.235 e. The first kappa shape index (κ1) is 14.9. The van der Waals surface area contributed by atoms with E-state index in [0.29, 0.717) is 16.9 Å². The van der Waals surface area contributed by atoms with E-state index >= 15 is 0 Å². The topological polar surface area (TPSA) is 59.1 Å². The molecule has 102 valence electrons. The lowest BCUT2D eigenvalue weighted by atomic mass is 10.1. The molecule has 0 spiro atoms. The average Bonchev–Trinajstić information content (AvgIpc) is 2.49. The van der Waals surface area contributed by atoms with Gasteiger partial charge < -0.3 is 5.32 Å². The Kier molecular flexibility index (Phi) is 5.03. The molecule has 2 aromatic rings. The molecule has 1 heterocycles. The molecule has 1 aromatic carbocycles. The van der Waals surface area contributed by atoms with Gasteiger partial charge in [0.25, 0.3) is 0 Å². The van der Waals surface area contributed by atoms with Gasteiger partial charge in [-0.3, -0.25) is 14.6 Å². The second-order valence-electron chi connectivity index (χ2n) is 3.92. The molecule has 0 aliphatic heterocycles. The maximum absolute atomic E-state index is 12.4. The average molecular weight is 398 g/mol. The second-order valence-corrected chi connectivity index (χ2v) is 5.39. The highest BCUT2D eigenvalue weighted by molar-refractivity contribution is 9.10. The van der Waals surface area contributed by atoms with Crippen LogP contribution in [-0.4, -0.2) is 22.0 Å². The van der Waals surface area contributed by atoms with E-state index in [-0.39, 0.29) is 17.0 Å². The third kappa shape index (κ3) is 3.52. The molecule has 20 heavy (non-hydrogen) atoms. The Morgan fingerprint density at radius 2 is 2.00 bits per heavy atom. The third-order valence-electron chi connectivity index (χ3n) is 2.52. The van der Waals surface area contributed by atoms with Crippen molar-refractivity contribution in [3.05, 3.63) is 58.3 Å². The third-order valence-corrected chi connectivity index (χ3v) is 3.52. The number of ketones is 1. The Hall–Kier alpha value is -1.53. The number of halogens is 2. The predicted molar refractivity (Wildman–Crippen MR) is 84.2 cm³/mol. The molecule has 0 atom stereocenters. The zero-order valence-corrected chi connectivity index (χ0v) is 13.4. The van der Waals surface area contributed by atoms with Gasteiger partial charge in [-0.25, -0.2) is 0 Å². The van der Waals surface area contributed by atoms with Gasteiger partial charge in [0.05, 0.1) is 11.0 Å². The summed E-state index contributed by atoms with van der Waals surface area (Å²) >= 11 is 6.40. The fraction of sp³-hybridized carbons (Fsp3) is 0.0714. The van der Waals surface area contributed by atoms with Crippen LogP contribution in [0.1, 0.15) is 16.1 Å². The number of hydrogen-bond acceptors (Lipinski definition) is 3. The molecule has 0 bridgehead atoms. The normalized spacial score (nSPS) is 10.1. The number of carbonyl (C=O) groups excluding carboxylic acids is 2. The number of benzene rings is 1.